The lowest BCUT2D eigenvalue weighted by atomic mass is 10.0. The summed E-state index contributed by atoms with van der Waals surface area (Å²) in [7, 11) is 0. The molecule has 3 heterocycles. The summed E-state index contributed by atoms with van der Waals surface area (Å²) >= 11 is 0. The summed E-state index contributed by atoms with van der Waals surface area (Å²) in [4.78, 5) is 30.3. The second kappa shape index (κ2) is 6.87. The van der Waals surface area contributed by atoms with Crippen molar-refractivity contribution in [1.29, 1.82) is 0 Å². The number of likely N-dealkylation sites (tertiary alicyclic amines) is 1. The van der Waals surface area contributed by atoms with Gasteiger partial charge in [-0.1, -0.05) is 12.1 Å². The van der Waals surface area contributed by atoms with Gasteiger partial charge in [0.1, 0.15) is 5.65 Å². The molecule has 4 rings (SSSR count). The number of carbonyl (C=O) groups excluding carboxylic acids is 2. The van der Waals surface area contributed by atoms with Crippen LogP contribution in [0.3, 0.4) is 0 Å². The zero-order chi connectivity index (χ0) is 19.0. The first-order valence-corrected chi connectivity index (χ1v) is 9.11. The monoisotopic (exact) mass is 362 g/mol. The van der Waals surface area contributed by atoms with E-state index in [0.717, 1.165) is 28.8 Å². The second-order valence-electron chi connectivity index (χ2n) is 7.09. The van der Waals surface area contributed by atoms with Crippen LogP contribution >= 0.6 is 0 Å². The van der Waals surface area contributed by atoms with Crippen molar-refractivity contribution in [3.8, 4) is 11.1 Å². The van der Waals surface area contributed by atoms with Gasteiger partial charge in [0.25, 0.3) is 5.91 Å². The number of imidazole rings is 1. The van der Waals surface area contributed by atoms with Crippen molar-refractivity contribution < 1.29 is 9.59 Å². The maximum atomic E-state index is 12.9. The van der Waals surface area contributed by atoms with Crippen LogP contribution in [0, 0.1) is 6.92 Å². The van der Waals surface area contributed by atoms with E-state index in [4.69, 9.17) is 0 Å². The molecule has 1 aliphatic heterocycles. The van der Waals surface area contributed by atoms with Crippen molar-refractivity contribution >= 4 is 17.5 Å². The Morgan fingerprint density at radius 2 is 2.07 bits per heavy atom. The molecule has 0 spiro atoms. The summed E-state index contributed by atoms with van der Waals surface area (Å²) in [6.07, 6.45) is 6.53. The number of pyridine rings is 1. The van der Waals surface area contributed by atoms with E-state index in [9.17, 15) is 9.59 Å². The smallest absolute Gasteiger partial charge is 0.253 e. The van der Waals surface area contributed by atoms with Crippen molar-refractivity contribution in [1.82, 2.24) is 19.6 Å². The molecule has 1 fully saturated rings. The Morgan fingerprint density at radius 1 is 1.22 bits per heavy atom. The molecule has 0 aliphatic carbocycles. The van der Waals surface area contributed by atoms with Crippen LogP contribution in [0.25, 0.3) is 16.8 Å². The van der Waals surface area contributed by atoms with Crippen molar-refractivity contribution in [3.05, 3.63) is 60.0 Å². The van der Waals surface area contributed by atoms with Crippen LogP contribution in [-0.2, 0) is 4.79 Å². The first-order valence-electron chi connectivity index (χ1n) is 9.11. The highest BCUT2D eigenvalue weighted by Crippen LogP contribution is 2.24. The third kappa shape index (κ3) is 3.43. The van der Waals surface area contributed by atoms with E-state index in [-0.39, 0.29) is 17.9 Å². The number of benzene rings is 1. The predicted octanol–water partition coefficient (Wildman–Crippen LogP) is 2.66. The van der Waals surface area contributed by atoms with Gasteiger partial charge in [0.2, 0.25) is 5.91 Å². The van der Waals surface area contributed by atoms with Gasteiger partial charge in [0.05, 0.1) is 0 Å². The number of hydrogen-bond donors (Lipinski definition) is 1. The molecule has 6 heteroatoms. The van der Waals surface area contributed by atoms with Gasteiger partial charge in [-0.05, 0) is 48.2 Å². The predicted molar refractivity (Wildman–Crippen MR) is 103 cm³/mol. The fourth-order valence-corrected chi connectivity index (χ4v) is 3.73. The number of amides is 2. The molecule has 3 aromatic rings. The van der Waals surface area contributed by atoms with Crippen LogP contribution in [0.15, 0.2) is 48.9 Å². The lowest BCUT2D eigenvalue weighted by molar-refractivity contribution is -0.119. The highest BCUT2D eigenvalue weighted by atomic mass is 16.2. The maximum Gasteiger partial charge on any atom is 0.253 e. The van der Waals surface area contributed by atoms with Gasteiger partial charge in [0, 0.05) is 50.2 Å². The molecule has 0 bridgehead atoms. The van der Waals surface area contributed by atoms with Crippen LogP contribution in [-0.4, -0.2) is 45.2 Å². The van der Waals surface area contributed by atoms with Crippen molar-refractivity contribution in [2.45, 2.75) is 26.3 Å². The summed E-state index contributed by atoms with van der Waals surface area (Å²) in [5, 5.41) is 2.89. The van der Waals surface area contributed by atoms with Crippen LogP contribution in [0.2, 0.25) is 0 Å². The first kappa shape index (κ1) is 17.3. The van der Waals surface area contributed by atoms with Gasteiger partial charge in [0.15, 0.2) is 0 Å². The van der Waals surface area contributed by atoms with Gasteiger partial charge in [-0.3, -0.25) is 9.59 Å². The molecular formula is C21H22N4O2. The van der Waals surface area contributed by atoms with Gasteiger partial charge in [-0.25, -0.2) is 4.98 Å². The Morgan fingerprint density at radius 3 is 2.89 bits per heavy atom. The lowest BCUT2D eigenvalue weighted by Gasteiger charge is -2.17. The molecule has 1 saturated heterocycles. The number of nitrogens with zero attached hydrogens (tertiary/aromatic N) is 3. The number of fused-ring (bicyclic) bond motifs is 1. The highest BCUT2D eigenvalue weighted by Gasteiger charge is 2.27. The molecule has 1 N–H and O–H groups in total. The number of aromatic nitrogens is 2. The fourth-order valence-electron chi connectivity index (χ4n) is 3.73. The van der Waals surface area contributed by atoms with E-state index >= 15 is 0 Å². The number of aryl methyl sites for hydroxylation is 1. The van der Waals surface area contributed by atoms with Crippen molar-refractivity contribution in [2.75, 3.05) is 13.1 Å². The van der Waals surface area contributed by atoms with E-state index in [1.165, 1.54) is 6.92 Å². The van der Waals surface area contributed by atoms with Crippen LogP contribution in [0.1, 0.15) is 29.3 Å². The maximum absolute atomic E-state index is 12.9. The summed E-state index contributed by atoms with van der Waals surface area (Å²) in [5.74, 6) is -0.0494. The Balaban J connectivity index is 1.58. The Bertz CT molecular complexity index is 1020. The summed E-state index contributed by atoms with van der Waals surface area (Å²) in [6.45, 7) is 4.76. The SMILES string of the molecule is CC(=O)N[C@H]1CCN(C(=O)c2cccc(-c3cc(C)c4nccn4c3)c2)C1. The molecule has 0 unspecified atom stereocenters. The standard InChI is InChI=1S/C21H22N4O2/c1-14-10-18(12-24-9-7-22-20(14)24)16-4-3-5-17(11-16)21(27)25-8-6-19(13-25)23-15(2)26/h3-5,7,9-12,19H,6,8,13H2,1-2H3,(H,23,26)/t19-/m0/s1. The number of hydrogen-bond acceptors (Lipinski definition) is 3. The van der Waals surface area contributed by atoms with E-state index < -0.39 is 0 Å². The Kier molecular flexibility index (Phi) is 4.39. The molecular weight excluding hydrogens is 340 g/mol. The zero-order valence-electron chi connectivity index (χ0n) is 15.5. The van der Waals surface area contributed by atoms with Gasteiger partial charge < -0.3 is 14.6 Å². The lowest BCUT2D eigenvalue weighted by Crippen LogP contribution is -2.37. The Hall–Kier alpha value is -3.15. The minimum Gasteiger partial charge on any atom is -0.352 e. The minimum absolute atomic E-state index is 0.00475. The van der Waals surface area contributed by atoms with E-state index in [1.807, 2.05) is 52.9 Å². The summed E-state index contributed by atoms with van der Waals surface area (Å²) < 4.78 is 2.00. The Labute approximate surface area is 157 Å². The van der Waals surface area contributed by atoms with Crippen LogP contribution < -0.4 is 5.32 Å². The van der Waals surface area contributed by atoms with Crippen molar-refractivity contribution in [3.63, 3.8) is 0 Å². The molecule has 1 aromatic carbocycles. The molecule has 6 nitrogen and oxygen atoms in total. The average Bonchev–Trinajstić information content (AvgIpc) is 3.30. The first-order chi connectivity index (χ1) is 13.0. The highest BCUT2D eigenvalue weighted by molar-refractivity contribution is 5.95. The average molecular weight is 362 g/mol. The van der Waals surface area contributed by atoms with Crippen LogP contribution in [0.5, 0.6) is 0 Å². The quantitative estimate of drug-likeness (QED) is 0.779. The topological polar surface area (TPSA) is 66.7 Å². The van der Waals surface area contributed by atoms with E-state index in [1.54, 1.807) is 6.20 Å². The molecule has 0 saturated carbocycles. The fraction of sp³-hybridized carbons (Fsp3) is 0.286. The zero-order valence-corrected chi connectivity index (χ0v) is 15.5. The van der Waals surface area contributed by atoms with Crippen molar-refractivity contribution in [2.24, 2.45) is 0 Å². The van der Waals surface area contributed by atoms with Crippen LogP contribution in [0.4, 0.5) is 0 Å². The molecule has 138 valence electrons. The summed E-state index contributed by atoms with van der Waals surface area (Å²) in [6, 6.07) is 9.84. The third-order valence-corrected chi connectivity index (χ3v) is 5.00. The number of nitrogens with one attached hydrogen (secondary N) is 1. The summed E-state index contributed by atoms with van der Waals surface area (Å²) in [5.41, 5.74) is 4.74. The molecule has 2 amide bonds. The number of carbonyl (C=O) groups is 2. The third-order valence-electron chi connectivity index (χ3n) is 5.00. The molecule has 0 radical (unpaired) electrons. The van der Waals surface area contributed by atoms with Gasteiger partial charge in [-0.2, -0.15) is 0 Å². The normalized spacial score (nSPS) is 16.7. The van der Waals surface area contributed by atoms with Gasteiger partial charge >= 0.3 is 0 Å². The molecule has 27 heavy (non-hydrogen) atoms. The second-order valence-corrected chi connectivity index (χ2v) is 7.09. The minimum atomic E-state index is -0.0541. The molecule has 1 atom stereocenters. The van der Waals surface area contributed by atoms with E-state index in [0.29, 0.717) is 18.7 Å². The number of rotatable bonds is 3. The largest absolute Gasteiger partial charge is 0.352 e. The molecule has 2 aromatic heterocycles. The van der Waals surface area contributed by atoms with E-state index in [2.05, 4.69) is 16.4 Å². The molecule has 1 aliphatic rings. The van der Waals surface area contributed by atoms with Gasteiger partial charge in [-0.15, -0.1) is 0 Å².